The van der Waals surface area contributed by atoms with Gasteiger partial charge in [-0.3, -0.25) is 9.29 Å². The van der Waals surface area contributed by atoms with Gasteiger partial charge in [0.15, 0.2) is 0 Å². The molecule has 5 rings (SSSR count). The maximum atomic E-state index is 12.6. The van der Waals surface area contributed by atoms with Gasteiger partial charge in [0.25, 0.3) is 0 Å². The van der Waals surface area contributed by atoms with Gasteiger partial charge in [-0.05, 0) is 119 Å². The fourth-order valence-corrected chi connectivity index (χ4v) is 5.69. The Bertz CT molecular complexity index is 1420. The summed E-state index contributed by atoms with van der Waals surface area (Å²) in [6.45, 7) is 8.37. The minimum Gasteiger partial charge on any atom is -0.508 e. The molecule has 0 spiro atoms. The van der Waals surface area contributed by atoms with Gasteiger partial charge in [0.1, 0.15) is 28.6 Å². The number of aromatic nitrogens is 2. The molecule has 0 bridgehead atoms. The number of aryl methyl sites for hydroxylation is 1. The van der Waals surface area contributed by atoms with E-state index in [9.17, 15) is 9.50 Å². The van der Waals surface area contributed by atoms with Crippen LogP contribution in [0.15, 0.2) is 77.2 Å². The summed E-state index contributed by atoms with van der Waals surface area (Å²) in [4.78, 5) is 2.26. The molecule has 0 unspecified atom stereocenters. The van der Waals surface area contributed by atoms with E-state index >= 15 is 0 Å². The fraction of sp³-hybridized carbons (Fsp3) is 0.375. The summed E-state index contributed by atoms with van der Waals surface area (Å²) in [5.74, 6) is 1.02. The molecule has 3 aromatic rings. The van der Waals surface area contributed by atoms with E-state index in [0.29, 0.717) is 6.42 Å². The molecule has 2 aliphatic rings. The summed E-state index contributed by atoms with van der Waals surface area (Å²) >= 11 is 0. The second kappa shape index (κ2) is 12.4. The minimum absolute atomic E-state index is 0.0755. The lowest BCUT2D eigenvalue weighted by Gasteiger charge is -2.19. The molecule has 6 nitrogen and oxygen atoms in total. The van der Waals surface area contributed by atoms with Crippen LogP contribution in [0.4, 0.5) is 4.39 Å². The number of aromatic hydroxyl groups is 1. The number of benzene rings is 2. The number of halogens is 1. The van der Waals surface area contributed by atoms with Crippen molar-refractivity contribution < 1.29 is 18.9 Å². The van der Waals surface area contributed by atoms with Crippen molar-refractivity contribution in [1.82, 2.24) is 15.2 Å². The summed E-state index contributed by atoms with van der Waals surface area (Å²) in [6.07, 6.45) is 11.0. The van der Waals surface area contributed by atoms with Crippen LogP contribution in [0.3, 0.4) is 0 Å². The number of phenols is 1. The van der Waals surface area contributed by atoms with Crippen molar-refractivity contribution >= 4 is 22.2 Å². The average molecular weight is 530 g/mol. The molecule has 2 heterocycles. The fourth-order valence-electron chi connectivity index (χ4n) is 5.69. The molecule has 1 atom stereocenters. The van der Waals surface area contributed by atoms with Crippen LogP contribution >= 0.6 is 0 Å². The highest BCUT2D eigenvalue weighted by atomic mass is 19.1. The number of hydrogen-bond acceptors (Lipinski definition) is 6. The lowest BCUT2D eigenvalue weighted by Crippen LogP contribution is -2.24. The Hall–Kier alpha value is -3.71. The topological polar surface area (TPSA) is 71.6 Å². The smallest absolute Gasteiger partial charge is 0.135 e. The molecule has 1 N–H and O–H groups in total. The SMILES string of the molecule is C=C/C(=C\C=C(/CC)C1=C(c2ccc3nonc3c2)CCCc2cc(O)ccc21)O[C@H]1CCN(CCCF)C1. The molecule has 2 aromatic carbocycles. The van der Waals surface area contributed by atoms with Gasteiger partial charge >= 0.3 is 0 Å². The third kappa shape index (κ3) is 6.14. The van der Waals surface area contributed by atoms with E-state index in [1.165, 1.54) is 16.7 Å². The highest BCUT2D eigenvalue weighted by Gasteiger charge is 2.24. The van der Waals surface area contributed by atoms with Crippen molar-refractivity contribution in [2.45, 2.75) is 51.6 Å². The van der Waals surface area contributed by atoms with Crippen LogP contribution in [-0.2, 0) is 11.2 Å². The Kier molecular flexibility index (Phi) is 8.57. The summed E-state index contributed by atoms with van der Waals surface area (Å²) in [5.41, 5.74) is 8.44. The van der Waals surface area contributed by atoms with Crippen molar-refractivity contribution in [3.05, 3.63) is 89.2 Å². The van der Waals surface area contributed by atoms with E-state index in [1.807, 2.05) is 30.3 Å². The second-order valence-electron chi connectivity index (χ2n) is 10.2. The zero-order valence-electron chi connectivity index (χ0n) is 22.5. The Labute approximate surface area is 229 Å². The van der Waals surface area contributed by atoms with Crippen molar-refractivity contribution in [2.24, 2.45) is 0 Å². The van der Waals surface area contributed by atoms with Crippen LogP contribution in [0.2, 0.25) is 0 Å². The molecule has 1 aromatic heterocycles. The molecule has 39 heavy (non-hydrogen) atoms. The van der Waals surface area contributed by atoms with E-state index in [2.05, 4.69) is 40.9 Å². The average Bonchev–Trinajstić information content (AvgIpc) is 3.57. The van der Waals surface area contributed by atoms with Crippen LogP contribution in [0.25, 0.3) is 22.2 Å². The lowest BCUT2D eigenvalue weighted by molar-refractivity contribution is 0.129. The number of allylic oxidation sites excluding steroid dienone is 6. The number of likely N-dealkylation sites (tertiary alicyclic amines) is 1. The molecule has 7 heteroatoms. The molecule has 0 saturated carbocycles. The molecule has 1 aliphatic carbocycles. The maximum Gasteiger partial charge on any atom is 0.135 e. The number of alkyl halides is 1. The molecular formula is C32H36FN3O3. The number of ether oxygens (including phenoxy) is 1. The predicted octanol–water partition coefficient (Wildman–Crippen LogP) is 7.03. The van der Waals surface area contributed by atoms with Crippen LogP contribution < -0.4 is 0 Å². The highest BCUT2D eigenvalue weighted by Crippen LogP contribution is 2.42. The number of rotatable bonds is 10. The van der Waals surface area contributed by atoms with Gasteiger partial charge in [-0.2, -0.15) is 0 Å². The second-order valence-corrected chi connectivity index (χ2v) is 10.2. The van der Waals surface area contributed by atoms with Gasteiger partial charge in [0, 0.05) is 19.6 Å². The molecule has 1 fully saturated rings. The predicted molar refractivity (Wildman–Crippen MR) is 153 cm³/mol. The van der Waals surface area contributed by atoms with Gasteiger partial charge in [-0.25, -0.2) is 4.63 Å². The monoisotopic (exact) mass is 529 g/mol. The zero-order chi connectivity index (χ0) is 27.2. The first-order valence-corrected chi connectivity index (χ1v) is 13.9. The molecule has 204 valence electrons. The Morgan fingerprint density at radius 2 is 2.05 bits per heavy atom. The Morgan fingerprint density at radius 3 is 2.87 bits per heavy atom. The van der Waals surface area contributed by atoms with Gasteiger partial charge in [0.05, 0.1) is 6.67 Å². The molecule has 1 aliphatic heterocycles. The normalized spacial score (nSPS) is 18.9. The number of phenolic OH excluding ortho intramolecular Hbond substituents is 1. The molecule has 0 radical (unpaired) electrons. The molecular weight excluding hydrogens is 493 g/mol. The van der Waals surface area contributed by atoms with Crippen molar-refractivity contribution in [3.63, 3.8) is 0 Å². The van der Waals surface area contributed by atoms with Crippen LogP contribution in [0, 0.1) is 0 Å². The maximum absolute atomic E-state index is 12.6. The number of nitrogens with zero attached hydrogens (tertiary/aromatic N) is 3. The quantitative estimate of drug-likeness (QED) is 0.225. The third-order valence-corrected chi connectivity index (χ3v) is 7.63. The van der Waals surface area contributed by atoms with Crippen LogP contribution in [0.1, 0.15) is 55.7 Å². The van der Waals surface area contributed by atoms with Gasteiger partial charge in [-0.15, -0.1) is 0 Å². The standard InChI is InChI=1S/C32H36FN3O3/c1-3-22(9-12-26(4-2)38-27-15-18-36(21-27)17-6-16-33)32-28(24-10-14-30-31(20-24)35-39-34-30)8-5-7-23-19-25(37)11-13-29(23)32/h4,9-14,19-20,27,37H,2-3,5-8,15-18,21H2,1H3/b22-9+,26-12+/t27-/m0/s1. The summed E-state index contributed by atoms with van der Waals surface area (Å²) in [6, 6.07) is 11.8. The molecule has 0 amide bonds. The van der Waals surface area contributed by atoms with Gasteiger partial charge in [-0.1, -0.05) is 31.7 Å². The van der Waals surface area contributed by atoms with Crippen molar-refractivity contribution in [2.75, 3.05) is 26.3 Å². The molecule has 1 saturated heterocycles. The van der Waals surface area contributed by atoms with Crippen molar-refractivity contribution in [1.29, 1.82) is 0 Å². The largest absolute Gasteiger partial charge is 0.508 e. The van der Waals surface area contributed by atoms with Gasteiger partial charge < -0.3 is 9.84 Å². The minimum atomic E-state index is -0.283. The van der Waals surface area contributed by atoms with E-state index in [1.54, 1.807) is 12.1 Å². The highest BCUT2D eigenvalue weighted by molar-refractivity contribution is 6.00. The van der Waals surface area contributed by atoms with Crippen LogP contribution in [-0.4, -0.2) is 52.7 Å². The van der Waals surface area contributed by atoms with E-state index in [4.69, 9.17) is 9.37 Å². The third-order valence-electron chi connectivity index (χ3n) is 7.63. The summed E-state index contributed by atoms with van der Waals surface area (Å²) in [5, 5.41) is 18.3. The lowest BCUT2D eigenvalue weighted by atomic mass is 9.86. The van der Waals surface area contributed by atoms with E-state index in [-0.39, 0.29) is 18.5 Å². The Balaban J connectivity index is 1.53. The first-order chi connectivity index (χ1) is 19.1. The summed E-state index contributed by atoms with van der Waals surface area (Å²) < 4.78 is 23.8. The number of fused-ring (bicyclic) bond motifs is 2. The van der Waals surface area contributed by atoms with Crippen molar-refractivity contribution in [3.8, 4) is 5.75 Å². The summed E-state index contributed by atoms with van der Waals surface area (Å²) in [7, 11) is 0. The van der Waals surface area contributed by atoms with E-state index < -0.39 is 0 Å². The first kappa shape index (κ1) is 26.9. The first-order valence-electron chi connectivity index (χ1n) is 13.9. The van der Waals surface area contributed by atoms with Gasteiger partial charge in [0.2, 0.25) is 0 Å². The zero-order valence-corrected chi connectivity index (χ0v) is 22.5. The van der Waals surface area contributed by atoms with Crippen LogP contribution in [0.5, 0.6) is 5.75 Å². The Morgan fingerprint density at radius 1 is 1.18 bits per heavy atom. The number of hydrogen-bond donors (Lipinski definition) is 1. The van der Waals surface area contributed by atoms with E-state index in [0.717, 1.165) is 85.2 Å².